The molecule has 0 saturated carbocycles. The van der Waals surface area contributed by atoms with Crippen LogP contribution in [0.15, 0.2) is 58.3 Å². The zero-order valence-electron chi connectivity index (χ0n) is 16.3. The van der Waals surface area contributed by atoms with Crippen molar-refractivity contribution < 1.29 is 22.7 Å². The Bertz CT molecular complexity index is 1110. The highest BCUT2D eigenvalue weighted by molar-refractivity contribution is 7.99. The Balaban J connectivity index is 1.66. The van der Waals surface area contributed by atoms with E-state index in [0.29, 0.717) is 21.8 Å². The number of benzene rings is 2. The van der Waals surface area contributed by atoms with Crippen molar-refractivity contribution in [3.63, 3.8) is 0 Å². The maximum absolute atomic E-state index is 12.6. The standard InChI is InChI=1S/C21H20N2O5S2/c1-23(16-10-11-30(26,27)14-16)20(24)13-28-21(25)17-7-3-5-9-19(17)29-18-8-4-2-6-15(18)12-22/h2-9,16H,10-11,13-14H2,1H3/t16-/m1/s1. The summed E-state index contributed by atoms with van der Waals surface area (Å²) in [5.41, 5.74) is 0.781. The van der Waals surface area contributed by atoms with Gasteiger partial charge in [-0.05, 0) is 30.7 Å². The molecule has 1 atom stereocenters. The van der Waals surface area contributed by atoms with Gasteiger partial charge in [-0.2, -0.15) is 5.26 Å². The van der Waals surface area contributed by atoms with Crippen molar-refractivity contribution in [3.8, 4) is 6.07 Å². The van der Waals surface area contributed by atoms with Gasteiger partial charge >= 0.3 is 5.97 Å². The van der Waals surface area contributed by atoms with Crippen LogP contribution in [0.1, 0.15) is 22.3 Å². The lowest BCUT2D eigenvalue weighted by Gasteiger charge is -2.23. The molecule has 0 aliphatic carbocycles. The molecule has 1 aliphatic rings. The van der Waals surface area contributed by atoms with Crippen molar-refractivity contribution in [2.45, 2.75) is 22.3 Å². The summed E-state index contributed by atoms with van der Waals surface area (Å²) in [7, 11) is -1.60. The molecule has 2 aromatic rings. The normalized spacial score (nSPS) is 17.1. The maximum atomic E-state index is 12.6. The molecule has 0 radical (unpaired) electrons. The van der Waals surface area contributed by atoms with Gasteiger partial charge < -0.3 is 9.64 Å². The van der Waals surface area contributed by atoms with E-state index in [2.05, 4.69) is 6.07 Å². The lowest BCUT2D eigenvalue weighted by Crippen LogP contribution is -2.40. The number of hydrogen-bond donors (Lipinski definition) is 0. The molecule has 0 spiro atoms. The molecule has 1 fully saturated rings. The number of carbonyl (C=O) groups excluding carboxylic acids is 2. The van der Waals surface area contributed by atoms with Crippen LogP contribution in [-0.2, 0) is 19.4 Å². The zero-order chi connectivity index (χ0) is 21.7. The van der Waals surface area contributed by atoms with Crippen LogP contribution < -0.4 is 0 Å². The summed E-state index contributed by atoms with van der Waals surface area (Å²) in [5.74, 6) is -1.12. The van der Waals surface area contributed by atoms with Gasteiger partial charge in [-0.15, -0.1) is 0 Å². The number of sulfone groups is 1. The largest absolute Gasteiger partial charge is 0.452 e. The highest BCUT2D eigenvalue weighted by Crippen LogP contribution is 2.32. The number of ether oxygens (including phenoxy) is 1. The van der Waals surface area contributed by atoms with Gasteiger partial charge in [-0.25, -0.2) is 13.2 Å². The molecule has 0 N–H and O–H groups in total. The molecule has 3 rings (SSSR count). The second-order valence-corrected chi connectivity index (χ2v) is 10.2. The Morgan fingerprint density at radius 3 is 2.50 bits per heavy atom. The van der Waals surface area contributed by atoms with Crippen molar-refractivity contribution in [1.82, 2.24) is 4.90 Å². The monoisotopic (exact) mass is 444 g/mol. The maximum Gasteiger partial charge on any atom is 0.339 e. The topological polar surface area (TPSA) is 105 Å². The summed E-state index contributed by atoms with van der Waals surface area (Å²) < 4.78 is 28.4. The van der Waals surface area contributed by atoms with Crippen molar-refractivity contribution in [1.29, 1.82) is 5.26 Å². The highest BCUT2D eigenvalue weighted by Gasteiger charge is 2.33. The average Bonchev–Trinajstić information content (AvgIpc) is 3.11. The summed E-state index contributed by atoms with van der Waals surface area (Å²) in [6, 6.07) is 15.6. The highest BCUT2D eigenvalue weighted by atomic mass is 32.2. The van der Waals surface area contributed by atoms with E-state index in [1.165, 1.54) is 23.7 Å². The van der Waals surface area contributed by atoms with Crippen LogP contribution in [0, 0.1) is 11.3 Å². The Hall–Kier alpha value is -2.83. The van der Waals surface area contributed by atoms with E-state index < -0.39 is 34.4 Å². The Labute approximate surface area is 179 Å². The fourth-order valence-electron chi connectivity index (χ4n) is 3.08. The number of likely N-dealkylation sites (N-methyl/N-ethyl adjacent to an activating group) is 1. The molecular formula is C21H20N2O5S2. The third-order valence-electron chi connectivity index (χ3n) is 4.81. The summed E-state index contributed by atoms with van der Waals surface area (Å²) in [6.45, 7) is -0.473. The molecular weight excluding hydrogens is 424 g/mol. The van der Waals surface area contributed by atoms with Crippen molar-refractivity contribution in [3.05, 3.63) is 59.7 Å². The van der Waals surface area contributed by atoms with Gasteiger partial charge in [0.1, 0.15) is 6.07 Å². The number of amides is 1. The van der Waals surface area contributed by atoms with Gasteiger partial charge in [0.2, 0.25) is 0 Å². The molecule has 9 heteroatoms. The van der Waals surface area contributed by atoms with Crippen LogP contribution >= 0.6 is 11.8 Å². The number of carbonyl (C=O) groups is 2. The van der Waals surface area contributed by atoms with Gasteiger partial charge in [-0.1, -0.05) is 36.0 Å². The molecule has 0 bridgehead atoms. The van der Waals surface area contributed by atoms with E-state index in [4.69, 9.17) is 4.74 Å². The Kier molecular flexibility index (Phi) is 6.80. The predicted molar refractivity (Wildman–Crippen MR) is 112 cm³/mol. The van der Waals surface area contributed by atoms with E-state index in [-0.39, 0.29) is 17.1 Å². The van der Waals surface area contributed by atoms with Gasteiger partial charge in [-0.3, -0.25) is 4.79 Å². The molecule has 1 aliphatic heterocycles. The predicted octanol–water partition coefficient (Wildman–Crippen LogP) is 2.51. The van der Waals surface area contributed by atoms with Gasteiger partial charge in [0.25, 0.3) is 5.91 Å². The minimum absolute atomic E-state index is 0.0594. The molecule has 1 heterocycles. The molecule has 1 amide bonds. The molecule has 0 aromatic heterocycles. The van der Waals surface area contributed by atoms with Crippen LogP contribution in [0.3, 0.4) is 0 Å². The number of nitrogens with zero attached hydrogens (tertiary/aromatic N) is 2. The first kappa shape index (κ1) is 21.9. The summed E-state index contributed by atoms with van der Waals surface area (Å²) in [5, 5.41) is 9.26. The van der Waals surface area contributed by atoms with E-state index >= 15 is 0 Å². The molecule has 7 nitrogen and oxygen atoms in total. The van der Waals surface area contributed by atoms with Crippen LogP contribution in [0.5, 0.6) is 0 Å². The van der Waals surface area contributed by atoms with E-state index in [0.717, 1.165) is 0 Å². The summed E-state index contributed by atoms with van der Waals surface area (Å²) in [6.07, 6.45) is 0.385. The Morgan fingerprint density at radius 1 is 1.17 bits per heavy atom. The third-order valence-corrected chi connectivity index (χ3v) is 7.71. The minimum atomic E-state index is -3.12. The smallest absolute Gasteiger partial charge is 0.339 e. The number of rotatable bonds is 6. The summed E-state index contributed by atoms with van der Waals surface area (Å²) >= 11 is 1.27. The number of hydrogen-bond acceptors (Lipinski definition) is 7. The van der Waals surface area contributed by atoms with E-state index in [9.17, 15) is 23.3 Å². The fraction of sp³-hybridized carbons (Fsp3) is 0.286. The lowest BCUT2D eigenvalue weighted by atomic mass is 10.2. The molecule has 156 valence electrons. The van der Waals surface area contributed by atoms with Crippen LogP contribution in [0.25, 0.3) is 0 Å². The van der Waals surface area contributed by atoms with Crippen molar-refractivity contribution in [2.75, 3.05) is 25.2 Å². The van der Waals surface area contributed by atoms with Crippen molar-refractivity contribution in [2.24, 2.45) is 0 Å². The second-order valence-electron chi connectivity index (χ2n) is 6.84. The molecule has 2 aromatic carbocycles. The lowest BCUT2D eigenvalue weighted by molar-refractivity contribution is -0.134. The minimum Gasteiger partial charge on any atom is -0.452 e. The first-order valence-corrected chi connectivity index (χ1v) is 11.8. The Morgan fingerprint density at radius 2 is 1.83 bits per heavy atom. The number of nitriles is 1. The van der Waals surface area contributed by atoms with Crippen LogP contribution in [0.2, 0.25) is 0 Å². The average molecular weight is 445 g/mol. The molecule has 30 heavy (non-hydrogen) atoms. The quantitative estimate of drug-likeness (QED) is 0.631. The second kappa shape index (κ2) is 9.32. The first-order valence-electron chi connectivity index (χ1n) is 9.20. The zero-order valence-corrected chi connectivity index (χ0v) is 17.9. The number of esters is 1. The van der Waals surface area contributed by atoms with Crippen molar-refractivity contribution >= 4 is 33.5 Å². The fourth-order valence-corrected chi connectivity index (χ4v) is 5.87. The van der Waals surface area contributed by atoms with Crippen LogP contribution in [-0.4, -0.2) is 56.4 Å². The van der Waals surface area contributed by atoms with Gasteiger partial charge in [0.05, 0.1) is 22.6 Å². The van der Waals surface area contributed by atoms with Gasteiger partial charge in [0.15, 0.2) is 16.4 Å². The van der Waals surface area contributed by atoms with Crippen LogP contribution in [0.4, 0.5) is 0 Å². The van der Waals surface area contributed by atoms with E-state index in [1.807, 2.05) is 6.07 Å². The SMILES string of the molecule is CN(C(=O)COC(=O)c1ccccc1Sc1ccccc1C#N)[C@@H]1CCS(=O)(=O)C1. The van der Waals surface area contributed by atoms with Gasteiger partial charge in [0, 0.05) is 22.9 Å². The first-order chi connectivity index (χ1) is 14.3. The molecule has 1 saturated heterocycles. The summed E-state index contributed by atoms with van der Waals surface area (Å²) in [4.78, 5) is 27.6. The third kappa shape index (κ3) is 5.20. The van der Waals surface area contributed by atoms with E-state index in [1.54, 1.807) is 42.5 Å². The molecule has 0 unspecified atom stereocenters.